The summed E-state index contributed by atoms with van der Waals surface area (Å²) in [5, 5.41) is 10.0. The Morgan fingerprint density at radius 1 is 1.16 bits per heavy atom. The smallest absolute Gasteiger partial charge is 0.189 e. The predicted octanol–water partition coefficient (Wildman–Crippen LogP) is 3.60. The molecule has 0 fully saturated rings. The lowest BCUT2D eigenvalue weighted by molar-refractivity contribution is 0.104. The zero-order chi connectivity index (χ0) is 17.6. The van der Waals surface area contributed by atoms with Crippen molar-refractivity contribution in [1.82, 2.24) is 0 Å². The Kier molecular flexibility index (Phi) is 5.36. The van der Waals surface area contributed by atoms with Crippen LogP contribution < -0.4 is 9.47 Å². The molecule has 25 heavy (non-hydrogen) atoms. The molecule has 0 aromatic heterocycles. The molecule has 0 spiro atoms. The second kappa shape index (κ2) is 7.85. The van der Waals surface area contributed by atoms with E-state index in [4.69, 9.17) is 14.2 Å². The van der Waals surface area contributed by atoms with Gasteiger partial charge in [-0.05, 0) is 41.5 Å². The number of hydrogen-bond donors (Lipinski definition) is 1. The van der Waals surface area contributed by atoms with Crippen molar-refractivity contribution in [3.63, 3.8) is 0 Å². The van der Waals surface area contributed by atoms with Gasteiger partial charge in [0.1, 0.15) is 5.75 Å². The number of ether oxygens (including phenoxy) is 3. The number of aromatic hydroxyl groups is 1. The fraction of sp³-hybridized carbons (Fsp3) is 0.250. The minimum atomic E-state index is -0.270. The average Bonchev–Trinajstić information content (AvgIpc) is 2.85. The van der Waals surface area contributed by atoms with Gasteiger partial charge in [0, 0.05) is 13.5 Å². The Balaban J connectivity index is 1.75. The Morgan fingerprint density at radius 2 is 1.96 bits per heavy atom. The normalized spacial score (nSPS) is 13.6. The van der Waals surface area contributed by atoms with Gasteiger partial charge in [0.25, 0.3) is 0 Å². The molecule has 5 nitrogen and oxygen atoms in total. The monoisotopic (exact) mass is 340 g/mol. The molecule has 0 radical (unpaired) electrons. The predicted molar refractivity (Wildman–Crippen MR) is 94.2 cm³/mol. The fourth-order valence-corrected chi connectivity index (χ4v) is 2.59. The number of phenolic OH excluding ortho intramolecular Hbond substituents is 1. The van der Waals surface area contributed by atoms with Crippen molar-refractivity contribution in [3.8, 4) is 17.2 Å². The molecule has 1 aliphatic heterocycles. The standard InChI is InChI=1S/C20H20O5/c1-23-13-15-3-6-16(18(22)11-15)17(21)7-4-14-5-8-19-20(12-14)25-10-2-9-24-19/h3-8,11-12,22H,2,9-10,13H2,1H3. The highest BCUT2D eigenvalue weighted by Crippen LogP contribution is 2.31. The molecule has 3 rings (SSSR count). The highest BCUT2D eigenvalue weighted by molar-refractivity contribution is 6.08. The first-order chi connectivity index (χ1) is 12.2. The second-order valence-electron chi connectivity index (χ2n) is 5.74. The van der Waals surface area contributed by atoms with Gasteiger partial charge in [-0.1, -0.05) is 18.2 Å². The highest BCUT2D eigenvalue weighted by atomic mass is 16.5. The van der Waals surface area contributed by atoms with E-state index in [0.29, 0.717) is 31.3 Å². The zero-order valence-corrected chi connectivity index (χ0v) is 14.0. The summed E-state index contributed by atoms with van der Waals surface area (Å²) in [6.07, 6.45) is 3.97. The maximum atomic E-state index is 12.3. The van der Waals surface area contributed by atoms with Crippen LogP contribution in [0.15, 0.2) is 42.5 Å². The lowest BCUT2D eigenvalue weighted by Gasteiger charge is -2.07. The van der Waals surface area contributed by atoms with Crippen LogP contribution in [-0.4, -0.2) is 31.2 Å². The minimum absolute atomic E-state index is 0.0529. The van der Waals surface area contributed by atoms with Crippen molar-refractivity contribution in [1.29, 1.82) is 0 Å². The van der Waals surface area contributed by atoms with E-state index in [1.165, 1.54) is 12.1 Å². The van der Waals surface area contributed by atoms with Gasteiger partial charge in [0.2, 0.25) is 0 Å². The third-order valence-corrected chi connectivity index (χ3v) is 3.84. The topological polar surface area (TPSA) is 65.0 Å². The molecule has 0 saturated heterocycles. The molecule has 0 unspecified atom stereocenters. The van der Waals surface area contributed by atoms with Gasteiger partial charge >= 0.3 is 0 Å². The molecule has 0 aliphatic carbocycles. The molecule has 5 heteroatoms. The van der Waals surface area contributed by atoms with Gasteiger partial charge in [-0.2, -0.15) is 0 Å². The SMILES string of the molecule is COCc1ccc(C(=O)C=Cc2ccc3c(c2)OCCCO3)c(O)c1. The summed E-state index contributed by atoms with van der Waals surface area (Å²) in [6, 6.07) is 10.4. The molecule has 130 valence electrons. The van der Waals surface area contributed by atoms with Crippen molar-refractivity contribution < 1.29 is 24.1 Å². The molecule has 1 heterocycles. The quantitative estimate of drug-likeness (QED) is 0.665. The minimum Gasteiger partial charge on any atom is -0.507 e. The summed E-state index contributed by atoms with van der Waals surface area (Å²) in [5.74, 6) is 1.07. The van der Waals surface area contributed by atoms with E-state index >= 15 is 0 Å². The molecular weight excluding hydrogens is 320 g/mol. The van der Waals surface area contributed by atoms with Gasteiger partial charge < -0.3 is 19.3 Å². The molecular formula is C20H20O5. The maximum absolute atomic E-state index is 12.3. The Labute approximate surface area is 146 Å². The number of phenols is 1. The number of benzene rings is 2. The molecule has 0 amide bonds. The summed E-state index contributed by atoms with van der Waals surface area (Å²) < 4.78 is 16.2. The van der Waals surface area contributed by atoms with E-state index in [-0.39, 0.29) is 17.1 Å². The van der Waals surface area contributed by atoms with Crippen molar-refractivity contribution in [2.75, 3.05) is 20.3 Å². The Bertz CT molecular complexity index is 795. The lowest BCUT2D eigenvalue weighted by Crippen LogP contribution is -1.97. The first-order valence-electron chi connectivity index (χ1n) is 8.10. The number of carbonyl (C=O) groups excluding carboxylic acids is 1. The van der Waals surface area contributed by atoms with Crippen molar-refractivity contribution >= 4 is 11.9 Å². The Hall–Kier alpha value is -2.79. The molecule has 0 bridgehead atoms. The van der Waals surface area contributed by atoms with Crippen LogP contribution in [0.5, 0.6) is 17.2 Å². The molecule has 2 aromatic rings. The average molecular weight is 340 g/mol. The molecule has 1 N–H and O–H groups in total. The van der Waals surface area contributed by atoms with Crippen LogP contribution in [0.25, 0.3) is 6.08 Å². The highest BCUT2D eigenvalue weighted by Gasteiger charge is 2.11. The van der Waals surface area contributed by atoms with Gasteiger partial charge in [-0.25, -0.2) is 0 Å². The first-order valence-corrected chi connectivity index (χ1v) is 8.10. The van der Waals surface area contributed by atoms with Gasteiger partial charge in [0.15, 0.2) is 17.3 Å². The van der Waals surface area contributed by atoms with Crippen molar-refractivity contribution in [2.24, 2.45) is 0 Å². The van der Waals surface area contributed by atoms with Crippen LogP contribution in [0.3, 0.4) is 0 Å². The fourth-order valence-electron chi connectivity index (χ4n) is 2.59. The number of allylic oxidation sites excluding steroid dienone is 1. The molecule has 0 saturated carbocycles. The van der Waals surface area contributed by atoms with Crippen molar-refractivity contribution in [3.05, 3.63) is 59.2 Å². The Morgan fingerprint density at radius 3 is 2.72 bits per heavy atom. The number of carbonyl (C=O) groups is 1. The zero-order valence-electron chi connectivity index (χ0n) is 14.0. The van der Waals surface area contributed by atoms with E-state index < -0.39 is 0 Å². The molecule has 0 atom stereocenters. The van der Waals surface area contributed by atoms with Gasteiger partial charge in [-0.15, -0.1) is 0 Å². The van der Waals surface area contributed by atoms with E-state index in [9.17, 15) is 9.90 Å². The third-order valence-electron chi connectivity index (χ3n) is 3.84. The van der Waals surface area contributed by atoms with Gasteiger partial charge in [0.05, 0.1) is 25.4 Å². The summed E-state index contributed by atoms with van der Waals surface area (Å²) in [4.78, 5) is 12.3. The van der Waals surface area contributed by atoms with E-state index in [2.05, 4.69) is 0 Å². The van der Waals surface area contributed by atoms with Crippen LogP contribution in [0.1, 0.15) is 27.9 Å². The molecule has 2 aromatic carbocycles. The summed E-state index contributed by atoms with van der Waals surface area (Å²) in [5.41, 5.74) is 1.89. The van der Waals surface area contributed by atoms with Crippen LogP contribution in [0.2, 0.25) is 0 Å². The van der Waals surface area contributed by atoms with Crippen LogP contribution in [0.4, 0.5) is 0 Å². The number of methoxy groups -OCH3 is 1. The van der Waals surface area contributed by atoms with Crippen molar-refractivity contribution in [2.45, 2.75) is 13.0 Å². The van der Waals surface area contributed by atoms with Crippen LogP contribution in [0, 0.1) is 0 Å². The summed E-state index contributed by atoms with van der Waals surface area (Å²) >= 11 is 0. The molecule has 1 aliphatic rings. The lowest BCUT2D eigenvalue weighted by atomic mass is 10.1. The van der Waals surface area contributed by atoms with Crippen LogP contribution in [-0.2, 0) is 11.3 Å². The number of hydrogen-bond acceptors (Lipinski definition) is 5. The number of fused-ring (bicyclic) bond motifs is 1. The first kappa shape index (κ1) is 17.0. The number of ketones is 1. The van der Waals surface area contributed by atoms with E-state index in [1.807, 2.05) is 18.2 Å². The van der Waals surface area contributed by atoms with E-state index in [1.54, 1.807) is 25.3 Å². The summed E-state index contributed by atoms with van der Waals surface area (Å²) in [7, 11) is 1.58. The number of rotatable bonds is 5. The van der Waals surface area contributed by atoms with Crippen LogP contribution >= 0.6 is 0 Å². The van der Waals surface area contributed by atoms with E-state index in [0.717, 1.165) is 17.5 Å². The summed E-state index contributed by atoms with van der Waals surface area (Å²) in [6.45, 7) is 1.63. The van der Waals surface area contributed by atoms with Gasteiger partial charge in [-0.3, -0.25) is 4.79 Å². The second-order valence-corrected chi connectivity index (χ2v) is 5.74. The largest absolute Gasteiger partial charge is 0.507 e. The maximum Gasteiger partial charge on any atom is 0.189 e. The third kappa shape index (κ3) is 4.19.